The van der Waals surface area contributed by atoms with Crippen LogP contribution < -0.4 is 10.3 Å². The smallest absolute Gasteiger partial charge is 0.266 e. The molecule has 0 amide bonds. The summed E-state index contributed by atoms with van der Waals surface area (Å²) < 4.78 is 41.4. The molecule has 0 aliphatic heterocycles. The Hall–Kier alpha value is -2.84. The predicted octanol–water partition coefficient (Wildman–Crippen LogP) is 2.03. The first kappa shape index (κ1) is 18.0. The minimum atomic E-state index is -4.00. The van der Waals surface area contributed by atoms with E-state index >= 15 is 0 Å². The van der Waals surface area contributed by atoms with Crippen molar-refractivity contribution >= 4 is 10.0 Å². The molecule has 0 saturated carbocycles. The van der Waals surface area contributed by atoms with Crippen LogP contribution in [0.3, 0.4) is 0 Å². The standard InChI is InChI=1S/C18H16FN3O3S/c19-15-8-4-5-9-17(15)26(24,25)20-12-13-22-18(23)11-10-16(21-22)14-6-2-1-3-7-14/h1-11,20H,12-13H2. The molecule has 0 spiro atoms. The van der Waals surface area contributed by atoms with Gasteiger partial charge in [0.25, 0.3) is 5.56 Å². The van der Waals surface area contributed by atoms with Gasteiger partial charge in [-0.2, -0.15) is 5.10 Å². The lowest BCUT2D eigenvalue weighted by Gasteiger charge is -2.09. The summed E-state index contributed by atoms with van der Waals surface area (Å²) in [6.07, 6.45) is 0. The summed E-state index contributed by atoms with van der Waals surface area (Å²) in [4.78, 5) is 11.5. The molecule has 134 valence electrons. The summed E-state index contributed by atoms with van der Waals surface area (Å²) in [5, 5.41) is 4.25. The number of halogens is 1. The number of rotatable bonds is 6. The van der Waals surface area contributed by atoms with E-state index in [0.29, 0.717) is 5.69 Å². The lowest BCUT2D eigenvalue weighted by atomic mass is 10.1. The second kappa shape index (κ2) is 7.59. The first-order valence-electron chi connectivity index (χ1n) is 7.85. The topological polar surface area (TPSA) is 81.1 Å². The van der Waals surface area contributed by atoms with Gasteiger partial charge >= 0.3 is 0 Å². The molecule has 0 saturated heterocycles. The first-order valence-corrected chi connectivity index (χ1v) is 9.33. The van der Waals surface area contributed by atoms with Crippen molar-refractivity contribution in [1.82, 2.24) is 14.5 Å². The van der Waals surface area contributed by atoms with Gasteiger partial charge in [-0.3, -0.25) is 4.79 Å². The Morgan fingerprint density at radius 3 is 2.38 bits per heavy atom. The SMILES string of the molecule is O=c1ccc(-c2ccccc2)nn1CCNS(=O)(=O)c1ccccc1F. The van der Waals surface area contributed by atoms with Gasteiger partial charge in [-0.15, -0.1) is 0 Å². The molecule has 3 aromatic rings. The lowest BCUT2D eigenvalue weighted by Crippen LogP contribution is -2.32. The van der Waals surface area contributed by atoms with E-state index in [1.165, 1.54) is 28.9 Å². The summed E-state index contributed by atoms with van der Waals surface area (Å²) in [7, 11) is -4.00. The maximum Gasteiger partial charge on any atom is 0.266 e. The van der Waals surface area contributed by atoms with Crippen LogP contribution in [0.25, 0.3) is 11.3 Å². The van der Waals surface area contributed by atoms with Crippen LogP contribution in [0.1, 0.15) is 0 Å². The monoisotopic (exact) mass is 373 g/mol. The van der Waals surface area contributed by atoms with Crippen LogP contribution in [0.5, 0.6) is 0 Å². The van der Waals surface area contributed by atoms with Crippen molar-refractivity contribution in [2.45, 2.75) is 11.4 Å². The zero-order valence-electron chi connectivity index (χ0n) is 13.7. The van der Waals surface area contributed by atoms with Crippen LogP contribution >= 0.6 is 0 Å². The third kappa shape index (κ3) is 4.04. The number of hydrogen-bond donors (Lipinski definition) is 1. The van der Waals surface area contributed by atoms with Crippen LogP contribution in [-0.2, 0) is 16.6 Å². The molecule has 0 fully saturated rings. The summed E-state index contributed by atoms with van der Waals surface area (Å²) in [5.74, 6) is -0.832. The first-order chi connectivity index (χ1) is 12.5. The third-order valence-electron chi connectivity index (χ3n) is 3.68. The van der Waals surface area contributed by atoms with Gasteiger partial charge in [-0.05, 0) is 18.2 Å². The average molecular weight is 373 g/mol. The summed E-state index contributed by atoms with van der Waals surface area (Å²) in [5.41, 5.74) is 1.09. The van der Waals surface area contributed by atoms with Crippen LogP contribution in [0.4, 0.5) is 4.39 Å². The second-order valence-electron chi connectivity index (χ2n) is 5.47. The molecule has 0 aliphatic carbocycles. The minimum Gasteiger partial charge on any atom is -0.268 e. The van der Waals surface area contributed by atoms with Crippen molar-refractivity contribution in [2.24, 2.45) is 0 Å². The molecule has 6 nitrogen and oxygen atoms in total. The van der Waals surface area contributed by atoms with E-state index in [-0.39, 0.29) is 18.6 Å². The molecular formula is C18H16FN3O3S. The highest BCUT2D eigenvalue weighted by Crippen LogP contribution is 2.14. The Labute approximate surface area is 150 Å². The van der Waals surface area contributed by atoms with E-state index in [9.17, 15) is 17.6 Å². The molecule has 26 heavy (non-hydrogen) atoms. The van der Waals surface area contributed by atoms with Gasteiger partial charge in [0.05, 0.1) is 12.2 Å². The molecule has 8 heteroatoms. The molecule has 1 heterocycles. The number of benzene rings is 2. The van der Waals surface area contributed by atoms with E-state index in [2.05, 4.69) is 9.82 Å². The average Bonchev–Trinajstić information content (AvgIpc) is 2.64. The number of hydrogen-bond acceptors (Lipinski definition) is 4. The van der Waals surface area contributed by atoms with E-state index in [0.717, 1.165) is 11.6 Å². The van der Waals surface area contributed by atoms with Crippen molar-refractivity contribution in [3.05, 3.63) is 82.9 Å². The molecule has 0 aliphatic rings. The van der Waals surface area contributed by atoms with Gasteiger partial charge in [0.2, 0.25) is 10.0 Å². The van der Waals surface area contributed by atoms with Crippen molar-refractivity contribution < 1.29 is 12.8 Å². The second-order valence-corrected chi connectivity index (χ2v) is 7.21. The maximum atomic E-state index is 13.7. The van der Waals surface area contributed by atoms with Gasteiger partial charge < -0.3 is 0 Å². The van der Waals surface area contributed by atoms with Gasteiger partial charge in [0.1, 0.15) is 10.7 Å². The van der Waals surface area contributed by atoms with Crippen molar-refractivity contribution in [1.29, 1.82) is 0 Å². The summed E-state index contributed by atoms with van der Waals surface area (Å²) >= 11 is 0. The van der Waals surface area contributed by atoms with Crippen molar-refractivity contribution in [3.63, 3.8) is 0 Å². The third-order valence-corrected chi connectivity index (χ3v) is 5.17. The Balaban J connectivity index is 1.74. The van der Waals surface area contributed by atoms with Crippen LogP contribution in [0.15, 0.2) is 76.4 Å². The van der Waals surface area contributed by atoms with Gasteiger partial charge in [0, 0.05) is 18.2 Å². The molecule has 1 aromatic heterocycles. The highest BCUT2D eigenvalue weighted by Gasteiger charge is 2.17. The molecule has 3 rings (SSSR count). The van der Waals surface area contributed by atoms with Crippen LogP contribution in [0.2, 0.25) is 0 Å². The largest absolute Gasteiger partial charge is 0.268 e. The van der Waals surface area contributed by atoms with E-state index in [4.69, 9.17) is 0 Å². The van der Waals surface area contributed by atoms with Crippen molar-refractivity contribution in [2.75, 3.05) is 6.54 Å². The number of aromatic nitrogens is 2. The van der Waals surface area contributed by atoms with Crippen molar-refractivity contribution in [3.8, 4) is 11.3 Å². The number of nitrogens with one attached hydrogen (secondary N) is 1. The predicted molar refractivity (Wildman–Crippen MR) is 95.5 cm³/mol. The molecule has 0 bridgehead atoms. The number of nitrogens with zero attached hydrogens (tertiary/aromatic N) is 2. The Bertz CT molecular complexity index is 1070. The van der Waals surface area contributed by atoms with E-state index < -0.39 is 20.7 Å². The quantitative estimate of drug-likeness (QED) is 0.717. The molecular weight excluding hydrogens is 357 g/mol. The molecule has 2 aromatic carbocycles. The van der Waals surface area contributed by atoms with Crippen LogP contribution in [0, 0.1) is 5.82 Å². The fourth-order valence-corrected chi connectivity index (χ4v) is 3.50. The zero-order chi connectivity index (χ0) is 18.6. The highest BCUT2D eigenvalue weighted by molar-refractivity contribution is 7.89. The maximum absolute atomic E-state index is 13.7. The van der Waals surface area contributed by atoms with Gasteiger partial charge in [-0.25, -0.2) is 22.2 Å². The summed E-state index contributed by atoms with van der Waals surface area (Å²) in [6, 6.07) is 17.4. The Kier molecular flexibility index (Phi) is 5.24. The molecule has 0 unspecified atom stereocenters. The Morgan fingerprint density at radius 2 is 1.65 bits per heavy atom. The van der Waals surface area contributed by atoms with E-state index in [1.54, 1.807) is 6.07 Å². The molecule has 0 radical (unpaired) electrons. The normalized spacial score (nSPS) is 11.4. The van der Waals surface area contributed by atoms with E-state index in [1.807, 2.05) is 30.3 Å². The highest BCUT2D eigenvalue weighted by atomic mass is 32.2. The molecule has 1 N–H and O–H groups in total. The fourth-order valence-electron chi connectivity index (χ4n) is 2.40. The Morgan fingerprint density at radius 1 is 0.962 bits per heavy atom. The minimum absolute atomic E-state index is 0.0210. The van der Waals surface area contributed by atoms with Gasteiger partial charge in [-0.1, -0.05) is 42.5 Å². The van der Waals surface area contributed by atoms with Gasteiger partial charge in [0.15, 0.2) is 0 Å². The zero-order valence-corrected chi connectivity index (χ0v) is 14.5. The fraction of sp³-hybridized carbons (Fsp3) is 0.111. The number of sulfonamides is 1. The lowest BCUT2D eigenvalue weighted by molar-refractivity contribution is 0.538. The summed E-state index contributed by atoms with van der Waals surface area (Å²) in [6.45, 7) is -0.0744. The molecule has 0 atom stereocenters. The van der Waals surface area contributed by atoms with Crippen LogP contribution in [-0.4, -0.2) is 24.7 Å².